The van der Waals surface area contributed by atoms with Crippen LogP contribution in [0.4, 0.5) is 0 Å². The Morgan fingerprint density at radius 3 is 2.74 bits per heavy atom. The highest BCUT2D eigenvalue weighted by Crippen LogP contribution is 2.22. The molecule has 0 aromatic carbocycles. The summed E-state index contributed by atoms with van der Waals surface area (Å²) in [4.78, 5) is 2.51. The first-order valence-corrected chi connectivity index (χ1v) is 7.42. The summed E-state index contributed by atoms with van der Waals surface area (Å²) < 4.78 is 6.02. The number of likely N-dealkylation sites (tertiary alicyclic amines) is 1. The molecule has 1 atom stereocenters. The van der Waals surface area contributed by atoms with Gasteiger partial charge in [0.2, 0.25) is 0 Å². The van der Waals surface area contributed by atoms with E-state index in [1.165, 1.54) is 24.9 Å². The fourth-order valence-corrected chi connectivity index (χ4v) is 2.62. The zero-order chi connectivity index (χ0) is 14.0. The first-order valence-electron chi connectivity index (χ1n) is 7.42. The Balaban J connectivity index is 1.96. The number of nitrogens with one attached hydrogen (secondary N) is 1. The Morgan fingerprint density at radius 2 is 2.16 bits per heavy atom. The highest BCUT2D eigenvalue weighted by atomic mass is 16.3. The summed E-state index contributed by atoms with van der Waals surface area (Å²) in [6, 6.07) is 2.90. The van der Waals surface area contributed by atoms with Crippen LogP contribution < -0.4 is 5.32 Å². The van der Waals surface area contributed by atoms with Crippen molar-refractivity contribution in [2.75, 3.05) is 6.54 Å². The van der Waals surface area contributed by atoms with Crippen molar-refractivity contribution < 1.29 is 4.42 Å². The standard InChI is InChI=1S/C16H28N2O/c1-12-9-14(11-18-8-6-7-13(18)2)19-15(12)10-17-16(3,4)5/h9,13,17H,6-8,10-11H2,1-5H3. The van der Waals surface area contributed by atoms with Gasteiger partial charge in [0, 0.05) is 11.6 Å². The molecule has 3 nitrogen and oxygen atoms in total. The molecule has 2 rings (SSSR count). The van der Waals surface area contributed by atoms with E-state index >= 15 is 0 Å². The van der Waals surface area contributed by atoms with Crippen LogP contribution in [0.1, 0.15) is 57.6 Å². The Morgan fingerprint density at radius 1 is 1.42 bits per heavy atom. The molecule has 0 radical (unpaired) electrons. The zero-order valence-corrected chi connectivity index (χ0v) is 13.0. The first kappa shape index (κ1) is 14.6. The molecule has 2 heterocycles. The summed E-state index contributed by atoms with van der Waals surface area (Å²) in [6.45, 7) is 14.0. The predicted molar refractivity (Wildman–Crippen MR) is 79.1 cm³/mol. The second kappa shape index (κ2) is 5.68. The number of rotatable bonds is 4. The highest BCUT2D eigenvalue weighted by molar-refractivity contribution is 5.20. The van der Waals surface area contributed by atoms with Gasteiger partial charge in [-0.1, -0.05) is 0 Å². The highest BCUT2D eigenvalue weighted by Gasteiger charge is 2.22. The van der Waals surface area contributed by atoms with Gasteiger partial charge in [0.1, 0.15) is 11.5 Å². The van der Waals surface area contributed by atoms with Gasteiger partial charge in [-0.05, 0) is 65.6 Å². The van der Waals surface area contributed by atoms with E-state index < -0.39 is 0 Å². The van der Waals surface area contributed by atoms with Crippen LogP contribution in [0.3, 0.4) is 0 Å². The summed E-state index contributed by atoms with van der Waals surface area (Å²) in [5.41, 5.74) is 1.39. The molecule has 1 unspecified atom stereocenters. The maximum atomic E-state index is 6.02. The third kappa shape index (κ3) is 4.08. The fraction of sp³-hybridized carbons (Fsp3) is 0.750. The van der Waals surface area contributed by atoms with Crippen LogP contribution in [0.2, 0.25) is 0 Å². The molecule has 108 valence electrons. The molecule has 0 spiro atoms. The van der Waals surface area contributed by atoms with Gasteiger partial charge in [0.15, 0.2) is 0 Å². The number of nitrogens with zero attached hydrogens (tertiary/aromatic N) is 1. The third-order valence-corrected chi connectivity index (χ3v) is 3.90. The Kier molecular flexibility index (Phi) is 4.36. The summed E-state index contributed by atoms with van der Waals surface area (Å²) in [6.07, 6.45) is 2.64. The van der Waals surface area contributed by atoms with Gasteiger partial charge in [0.05, 0.1) is 13.1 Å². The molecule has 0 bridgehead atoms. The number of furan rings is 1. The molecule has 1 aliphatic rings. The van der Waals surface area contributed by atoms with Crippen molar-refractivity contribution in [3.05, 3.63) is 23.2 Å². The molecule has 1 aromatic heterocycles. The van der Waals surface area contributed by atoms with E-state index in [1.54, 1.807) is 0 Å². The molecular weight excluding hydrogens is 236 g/mol. The van der Waals surface area contributed by atoms with E-state index in [2.05, 4.69) is 50.9 Å². The molecule has 1 aliphatic heterocycles. The minimum atomic E-state index is 0.128. The van der Waals surface area contributed by atoms with Gasteiger partial charge in [-0.25, -0.2) is 0 Å². The minimum absolute atomic E-state index is 0.128. The van der Waals surface area contributed by atoms with E-state index in [9.17, 15) is 0 Å². The quantitative estimate of drug-likeness (QED) is 0.902. The lowest BCUT2D eigenvalue weighted by Crippen LogP contribution is -2.35. The normalized spacial score (nSPS) is 21.2. The molecule has 19 heavy (non-hydrogen) atoms. The van der Waals surface area contributed by atoms with E-state index in [1.807, 2.05) is 0 Å². The molecule has 0 amide bonds. The molecular formula is C16H28N2O. The van der Waals surface area contributed by atoms with Crippen LogP contribution >= 0.6 is 0 Å². The van der Waals surface area contributed by atoms with Gasteiger partial charge < -0.3 is 9.73 Å². The van der Waals surface area contributed by atoms with E-state index in [-0.39, 0.29) is 5.54 Å². The molecule has 1 fully saturated rings. The van der Waals surface area contributed by atoms with Gasteiger partial charge in [0.25, 0.3) is 0 Å². The average Bonchev–Trinajstić information content (AvgIpc) is 2.83. The van der Waals surface area contributed by atoms with Crippen LogP contribution in [0, 0.1) is 6.92 Å². The first-order chi connectivity index (χ1) is 8.85. The molecule has 1 N–H and O–H groups in total. The van der Waals surface area contributed by atoms with Crippen LogP contribution in [-0.4, -0.2) is 23.0 Å². The Bertz CT molecular complexity index is 417. The SMILES string of the molecule is Cc1cc(CN2CCCC2C)oc1CNC(C)(C)C. The number of aryl methyl sites for hydroxylation is 1. The van der Waals surface area contributed by atoms with Crippen molar-refractivity contribution in [1.29, 1.82) is 0 Å². The fourth-order valence-electron chi connectivity index (χ4n) is 2.62. The summed E-state index contributed by atoms with van der Waals surface area (Å²) in [7, 11) is 0. The van der Waals surface area contributed by atoms with Crippen molar-refractivity contribution in [1.82, 2.24) is 10.2 Å². The topological polar surface area (TPSA) is 28.4 Å². The van der Waals surface area contributed by atoms with Crippen molar-refractivity contribution in [3.8, 4) is 0 Å². The third-order valence-electron chi connectivity index (χ3n) is 3.90. The molecule has 1 aromatic rings. The molecule has 1 saturated heterocycles. The van der Waals surface area contributed by atoms with Gasteiger partial charge in [-0.3, -0.25) is 4.90 Å². The van der Waals surface area contributed by atoms with Crippen molar-refractivity contribution in [2.24, 2.45) is 0 Å². The van der Waals surface area contributed by atoms with Gasteiger partial charge in [-0.2, -0.15) is 0 Å². The maximum absolute atomic E-state index is 6.02. The Hall–Kier alpha value is -0.800. The van der Waals surface area contributed by atoms with Crippen LogP contribution in [-0.2, 0) is 13.1 Å². The van der Waals surface area contributed by atoms with Crippen molar-refractivity contribution in [3.63, 3.8) is 0 Å². The van der Waals surface area contributed by atoms with E-state index in [0.717, 1.165) is 24.6 Å². The summed E-state index contributed by atoms with van der Waals surface area (Å²) in [5.74, 6) is 2.19. The number of hydrogen-bond acceptors (Lipinski definition) is 3. The second-order valence-corrected chi connectivity index (χ2v) is 6.88. The lowest BCUT2D eigenvalue weighted by atomic mass is 10.1. The predicted octanol–water partition coefficient (Wildman–Crippen LogP) is 3.46. The monoisotopic (exact) mass is 264 g/mol. The van der Waals surface area contributed by atoms with E-state index in [0.29, 0.717) is 6.04 Å². The maximum Gasteiger partial charge on any atom is 0.120 e. The van der Waals surface area contributed by atoms with Crippen LogP contribution in [0.5, 0.6) is 0 Å². The minimum Gasteiger partial charge on any atom is -0.463 e. The summed E-state index contributed by atoms with van der Waals surface area (Å²) in [5, 5.41) is 3.49. The molecule has 3 heteroatoms. The van der Waals surface area contributed by atoms with E-state index in [4.69, 9.17) is 4.42 Å². The largest absolute Gasteiger partial charge is 0.463 e. The van der Waals surface area contributed by atoms with Crippen LogP contribution in [0.25, 0.3) is 0 Å². The smallest absolute Gasteiger partial charge is 0.120 e. The van der Waals surface area contributed by atoms with Gasteiger partial charge >= 0.3 is 0 Å². The van der Waals surface area contributed by atoms with Gasteiger partial charge in [-0.15, -0.1) is 0 Å². The van der Waals surface area contributed by atoms with Crippen LogP contribution in [0.15, 0.2) is 10.5 Å². The second-order valence-electron chi connectivity index (χ2n) is 6.88. The lowest BCUT2D eigenvalue weighted by molar-refractivity contribution is 0.235. The number of hydrogen-bond donors (Lipinski definition) is 1. The van der Waals surface area contributed by atoms with Crippen molar-refractivity contribution >= 4 is 0 Å². The molecule has 0 saturated carbocycles. The summed E-state index contributed by atoms with van der Waals surface area (Å²) >= 11 is 0. The zero-order valence-electron chi connectivity index (χ0n) is 13.0. The Labute approximate surface area is 117 Å². The molecule has 0 aliphatic carbocycles. The lowest BCUT2D eigenvalue weighted by Gasteiger charge is -2.20. The van der Waals surface area contributed by atoms with Crippen molar-refractivity contribution in [2.45, 2.75) is 72.1 Å². The average molecular weight is 264 g/mol.